The number of anilines is 1. The normalized spacial score (nSPS) is 13.4. The van der Waals surface area contributed by atoms with Crippen molar-refractivity contribution in [3.63, 3.8) is 0 Å². The highest BCUT2D eigenvalue weighted by atomic mass is 16.6. The summed E-state index contributed by atoms with van der Waals surface area (Å²) in [5.74, 6) is -1.76. The maximum Gasteiger partial charge on any atom is 0.408 e. The molecule has 0 aliphatic heterocycles. The zero-order valence-electron chi connectivity index (χ0n) is 23.5. The molecule has 0 fully saturated rings. The summed E-state index contributed by atoms with van der Waals surface area (Å²) in [6, 6.07) is 10.4. The van der Waals surface area contributed by atoms with Crippen molar-refractivity contribution in [2.45, 2.75) is 79.5 Å². The number of carbonyl (C=O) groups is 3. The summed E-state index contributed by atoms with van der Waals surface area (Å²) in [5, 5.41) is 16.4. The van der Waals surface area contributed by atoms with Gasteiger partial charge in [0.1, 0.15) is 17.4 Å². The van der Waals surface area contributed by atoms with Gasteiger partial charge in [-0.05, 0) is 64.2 Å². The van der Waals surface area contributed by atoms with Gasteiger partial charge in [-0.2, -0.15) is 0 Å². The van der Waals surface area contributed by atoms with Crippen molar-refractivity contribution in [2.24, 2.45) is 5.92 Å². The lowest BCUT2D eigenvalue weighted by Gasteiger charge is -2.33. The van der Waals surface area contributed by atoms with Crippen LogP contribution in [0.4, 0.5) is 10.5 Å². The van der Waals surface area contributed by atoms with Crippen LogP contribution in [0.3, 0.4) is 0 Å². The van der Waals surface area contributed by atoms with E-state index in [1.807, 2.05) is 39.0 Å². The smallest absolute Gasteiger partial charge is 0.408 e. The Hall–Kier alpha value is -3.99. The van der Waals surface area contributed by atoms with E-state index in [-0.39, 0.29) is 17.2 Å². The summed E-state index contributed by atoms with van der Waals surface area (Å²) >= 11 is 0. The second-order valence-corrected chi connectivity index (χ2v) is 10.5. The van der Waals surface area contributed by atoms with Gasteiger partial charge in [-0.25, -0.2) is 4.79 Å². The molecule has 2 rings (SSSR count). The van der Waals surface area contributed by atoms with Crippen LogP contribution < -0.4 is 10.6 Å². The molecule has 3 amide bonds. The number of nitrogens with zero attached hydrogens (tertiary/aromatic N) is 1. The number of hydrogen-bond donors (Lipinski definition) is 3. The molecule has 38 heavy (non-hydrogen) atoms. The summed E-state index contributed by atoms with van der Waals surface area (Å²) < 4.78 is 5.37. The molecule has 3 N–H and O–H groups in total. The maximum absolute atomic E-state index is 13.9. The Kier molecular flexibility index (Phi) is 9.95. The maximum atomic E-state index is 13.9. The molecule has 0 heterocycles. The van der Waals surface area contributed by atoms with E-state index in [2.05, 4.69) is 16.7 Å². The predicted octanol–water partition coefficient (Wildman–Crippen LogP) is 5.36. The summed E-state index contributed by atoms with van der Waals surface area (Å²) in [7, 11) is 0. The van der Waals surface area contributed by atoms with Crippen molar-refractivity contribution in [1.82, 2.24) is 10.2 Å². The molecule has 204 valence electrons. The third-order valence-corrected chi connectivity index (χ3v) is 6.33. The third-order valence-electron chi connectivity index (χ3n) is 6.33. The minimum atomic E-state index is -1.38. The zero-order valence-corrected chi connectivity index (χ0v) is 23.5. The monoisotopic (exact) mass is 521 g/mol. The molecule has 2 aromatic carbocycles. The number of ether oxygens (including phenoxy) is 1. The Bertz CT molecular complexity index is 1210. The first-order chi connectivity index (χ1) is 17.7. The number of carbonyl (C=O) groups excluding carboxylic acids is 3. The molecular weight excluding hydrogens is 482 g/mol. The van der Waals surface area contributed by atoms with Crippen molar-refractivity contribution in [3.8, 4) is 18.2 Å². The molecule has 0 aliphatic rings. The number of para-hydroxylation sites is 2. The van der Waals surface area contributed by atoms with Crippen molar-refractivity contribution in [2.75, 3.05) is 5.32 Å². The van der Waals surface area contributed by atoms with Gasteiger partial charge in [0.05, 0.1) is 0 Å². The first-order valence-electron chi connectivity index (χ1n) is 12.7. The van der Waals surface area contributed by atoms with Gasteiger partial charge in [-0.15, -0.1) is 0 Å². The predicted molar refractivity (Wildman–Crippen MR) is 148 cm³/mol. The van der Waals surface area contributed by atoms with Crippen LogP contribution in [0, 0.1) is 39.2 Å². The van der Waals surface area contributed by atoms with Crippen LogP contribution in [0.1, 0.15) is 69.3 Å². The summed E-state index contributed by atoms with van der Waals surface area (Å²) in [4.78, 5) is 41.3. The number of aryl methyl sites for hydroxylation is 3. The van der Waals surface area contributed by atoms with Gasteiger partial charge in [0.25, 0.3) is 11.8 Å². The molecule has 2 aromatic rings. The quantitative estimate of drug-likeness (QED) is 0.320. The number of terminal acetylenes is 1. The molecule has 0 spiro atoms. The van der Waals surface area contributed by atoms with Crippen LogP contribution in [0.15, 0.2) is 36.4 Å². The van der Waals surface area contributed by atoms with E-state index < -0.39 is 35.6 Å². The number of alkyl carbamates (subject to hydrolysis) is 1. The van der Waals surface area contributed by atoms with Crippen molar-refractivity contribution >= 4 is 23.6 Å². The Morgan fingerprint density at radius 3 is 2.13 bits per heavy atom. The number of phenolic OH excluding ortho intramolecular Hbond substituents is 1. The molecule has 0 radical (unpaired) electrons. The van der Waals surface area contributed by atoms with Crippen LogP contribution in [-0.2, 0) is 14.3 Å². The lowest BCUT2D eigenvalue weighted by Crippen LogP contribution is -2.53. The van der Waals surface area contributed by atoms with Crippen LogP contribution in [0.2, 0.25) is 0 Å². The topological polar surface area (TPSA) is 108 Å². The highest BCUT2D eigenvalue weighted by Gasteiger charge is 2.39. The summed E-state index contributed by atoms with van der Waals surface area (Å²) in [5.41, 5.74) is 2.15. The van der Waals surface area contributed by atoms with Crippen molar-refractivity contribution in [3.05, 3.63) is 58.7 Å². The van der Waals surface area contributed by atoms with Crippen LogP contribution >= 0.6 is 0 Å². The van der Waals surface area contributed by atoms with Gasteiger partial charge in [0.15, 0.2) is 6.04 Å². The number of phenols is 1. The van der Waals surface area contributed by atoms with E-state index >= 15 is 0 Å². The van der Waals surface area contributed by atoms with E-state index in [0.29, 0.717) is 17.7 Å². The standard InChI is InChI=1S/C30H39N3O5/c1-10-18(3)24(32-29(37)38-30(7,8)9)28(36)33(11-2)25(22-17-13-16-21(6)26(22)34)27(35)31-23-19(4)14-12-15-20(23)5/h2,12-18,24-25,34H,10H2,1,3-9H3,(H,31,35)(H,32,37). The molecule has 3 unspecified atom stereocenters. The second kappa shape index (κ2) is 12.5. The molecule has 0 aromatic heterocycles. The number of benzene rings is 2. The molecule has 0 aliphatic carbocycles. The number of hydrogen-bond acceptors (Lipinski definition) is 5. The van der Waals surface area contributed by atoms with Crippen LogP contribution in [0.25, 0.3) is 0 Å². The molecular formula is C30H39N3O5. The van der Waals surface area contributed by atoms with E-state index in [1.54, 1.807) is 52.8 Å². The van der Waals surface area contributed by atoms with Crippen molar-refractivity contribution in [1.29, 1.82) is 0 Å². The first kappa shape index (κ1) is 30.2. The van der Waals surface area contributed by atoms with Crippen LogP contribution in [0.5, 0.6) is 5.75 Å². The van der Waals surface area contributed by atoms with Crippen molar-refractivity contribution < 1.29 is 24.2 Å². The fraction of sp³-hybridized carbons (Fsp3) is 0.433. The molecule has 0 saturated heterocycles. The number of amides is 3. The second-order valence-electron chi connectivity index (χ2n) is 10.5. The lowest BCUT2D eigenvalue weighted by atomic mass is 9.95. The largest absolute Gasteiger partial charge is 0.507 e. The van der Waals surface area contributed by atoms with Gasteiger partial charge in [0.2, 0.25) is 0 Å². The van der Waals surface area contributed by atoms with Gasteiger partial charge < -0.3 is 20.5 Å². The zero-order chi connectivity index (χ0) is 28.8. The Morgan fingerprint density at radius 2 is 1.61 bits per heavy atom. The Balaban J connectivity index is 2.59. The minimum absolute atomic E-state index is 0.151. The number of aromatic hydroxyl groups is 1. The summed E-state index contributed by atoms with van der Waals surface area (Å²) in [6.07, 6.45) is 5.62. The highest BCUT2D eigenvalue weighted by molar-refractivity contribution is 6.01. The van der Waals surface area contributed by atoms with E-state index in [0.717, 1.165) is 16.0 Å². The van der Waals surface area contributed by atoms with E-state index in [1.165, 1.54) is 0 Å². The average molecular weight is 522 g/mol. The molecule has 0 saturated carbocycles. The highest BCUT2D eigenvalue weighted by Crippen LogP contribution is 2.34. The first-order valence-corrected chi connectivity index (χ1v) is 12.7. The molecule has 8 nitrogen and oxygen atoms in total. The summed E-state index contributed by atoms with van der Waals surface area (Å²) in [6.45, 7) is 14.2. The fourth-order valence-electron chi connectivity index (χ4n) is 4.04. The fourth-order valence-corrected chi connectivity index (χ4v) is 4.04. The molecule has 8 heteroatoms. The van der Waals surface area contributed by atoms with Crippen LogP contribution in [-0.4, -0.2) is 39.6 Å². The number of nitrogens with one attached hydrogen (secondary N) is 2. The van der Waals surface area contributed by atoms with Gasteiger partial charge >= 0.3 is 6.09 Å². The average Bonchev–Trinajstić information content (AvgIpc) is 2.83. The van der Waals surface area contributed by atoms with E-state index in [9.17, 15) is 19.5 Å². The third kappa shape index (κ3) is 7.28. The van der Waals surface area contributed by atoms with Gasteiger partial charge in [0, 0.05) is 17.3 Å². The Morgan fingerprint density at radius 1 is 1.05 bits per heavy atom. The van der Waals surface area contributed by atoms with Gasteiger partial charge in [-0.3, -0.25) is 14.5 Å². The Labute approximate surface area is 225 Å². The van der Waals surface area contributed by atoms with E-state index in [4.69, 9.17) is 11.2 Å². The lowest BCUT2D eigenvalue weighted by molar-refractivity contribution is -0.137. The number of rotatable bonds is 8. The molecule has 0 bridgehead atoms. The SMILES string of the molecule is C#CN(C(=O)C(NC(=O)OC(C)(C)C)C(C)CC)C(C(=O)Nc1c(C)cccc1C)c1cccc(C)c1O. The molecule has 3 atom stereocenters. The van der Waals surface area contributed by atoms with Gasteiger partial charge in [-0.1, -0.05) is 63.1 Å². The minimum Gasteiger partial charge on any atom is -0.507 e.